The predicted molar refractivity (Wildman–Crippen MR) is 84.6 cm³/mol. The monoisotopic (exact) mass is 278 g/mol. The van der Waals surface area contributed by atoms with E-state index in [9.17, 15) is 0 Å². The molecule has 1 aromatic rings. The minimum Gasteiger partial charge on any atom is -0.306 e. The molecule has 2 atom stereocenters. The van der Waals surface area contributed by atoms with E-state index in [0.717, 1.165) is 18.5 Å². The highest BCUT2D eigenvalue weighted by molar-refractivity contribution is 7.12. The van der Waals surface area contributed by atoms with Crippen molar-refractivity contribution in [1.82, 2.24) is 10.3 Å². The second kappa shape index (κ2) is 6.54. The Kier molecular flexibility index (Phi) is 5.58. The lowest BCUT2D eigenvalue weighted by atomic mass is 9.98. The van der Waals surface area contributed by atoms with E-state index >= 15 is 0 Å². The van der Waals surface area contributed by atoms with Gasteiger partial charge in [0, 0.05) is 28.8 Å². The summed E-state index contributed by atoms with van der Waals surface area (Å²) in [5.41, 5.74) is 1.27. The summed E-state index contributed by atoms with van der Waals surface area (Å²) >= 11 is 1.82. The third-order valence-corrected chi connectivity index (χ3v) is 4.98. The SMILES string of the molecule is C#CCC(CC)NC(C)c1sc(C(C)(C)C)nc1C. The van der Waals surface area contributed by atoms with Crippen molar-refractivity contribution in [3.63, 3.8) is 0 Å². The van der Waals surface area contributed by atoms with E-state index in [0.29, 0.717) is 12.1 Å². The quantitative estimate of drug-likeness (QED) is 0.816. The van der Waals surface area contributed by atoms with E-state index in [-0.39, 0.29) is 5.41 Å². The van der Waals surface area contributed by atoms with Crippen LogP contribution in [0.3, 0.4) is 0 Å². The molecule has 0 saturated carbocycles. The third-order valence-electron chi connectivity index (χ3n) is 3.21. The second-order valence-electron chi connectivity index (χ2n) is 6.12. The van der Waals surface area contributed by atoms with Crippen molar-refractivity contribution in [2.24, 2.45) is 0 Å². The molecule has 0 radical (unpaired) electrons. The number of aryl methyl sites for hydroxylation is 1. The molecule has 0 spiro atoms. The van der Waals surface area contributed by atoms with Crippen LogP contribution in [0.15, 0.2) is 0 Å². The maximum atomic E-state index is 5.41. The van der Waals surface area contributed by atoms with Crippen LogP contribution in [0, 0.1) is 19.3 Å². The Morgan fingerprint density at radius 2 is 2.05 bits per heavy atom. The number of nitrogens with one attached hydrogen (secondary N) is 1. The van der Waals surface area contributed by atoms with E-state index in [1.54, 1.807) is 0 Å². The van der Waals surface area contributed by atoms with Crippen molar-refractivity contribution in [2.75, 3.05) is 0 Å². The van der Waals surface area contributed by atoms with Gasteiger partial charge in [-0.2, -0.15) is 0 Å². The Bertz CT molecular complexity index is 448. The molecule has 2 nitrogen and oxygen atoms in total. The zero-order valence-corrected chi connectivity index (χ0v) is 13.8. The average Bonchev–Trinajstić information content (AvgIpc) is 2.70. The molecule has 3 heteroatoms. The molecular formula is C16H26N2S. The lowest BCUT2D eigenvalue weighted by Gasteiger charge is -2.20. The summed E-state index contributed by atoms with van der Waals surface area (Å²) in [5.74, 6) is 2.74. The number of hydrogen-bond donors (Lipinski definition) is 1. The topological polar surface area (TPSA) is 24.9 Å². The Labute approximate surface area is 122 Å². The predicted octanol–water partition coefficient (Wildman–Crippen LogP) is 4.20. The van der Waals surface area contributed by atoms with Gasteiger partial charge in [-0.15, -0.1) is 23.7 Å². The van der Waals surface area contributed by atoms with E-state index in [1.807, 2.05) is 11.3 Å². The molecule has 0 aliphatic carbocycles. The summed E-state index contributed by atoms with van der Waals surface area (Å²) in [6.45, 7) is 13.1. The summed E-state index contributed by atoms with van der Waals surface area (Å²) in [6, 6.07) is 0.700. The molecule has 0 aliphatic heterocycles. The molecule has 1 aromatic heterocycles. The van der Waals surface area contributed by atoms with Gasteiger partial charge in [0.05, 0.1) is 10.7 Å². The van der Waals surface area contributed by atoms with Crippen molar-refractivity contribution < 1.29 is 0 Å². The minimum atomic E-state index is 0.121. The zero-order chi connectivity index (χ0) is 14.6. The summed E-state index contributed by atoms with van der Waals surface area (Å²) in [4.78, 5) is 6.05. The highest BCUT2D eigenvalue weighted by atomic mass is 32.1. The van der Waals surface area contributed by atoms with Gasteiger partial charge in [-0.25, -0.2) is 4.98 Å². The van der Waals surface area contributed by atoms with Crippen LogP contribution >= 0.6 is 11.3 Å². The molecule has 1 rings (SSSR count). The molecule has 1 heterocycles. The van der Waals surface area contributed by atoms with Crippen LogP contribution in [0.2, 0.25) is 0 Å². The van der Waals surface area contributed by atoms with Crippen LogP contribution < -0.4 is 5.32 Å². The van der Waals surface area contributed by atoms with E-state index < -0.39 is 0 Å². The summed E-state index contributed by atoms with van der Waals surface area (Å²) in [7, 11) is 0. The molecule has 0 fully saturated rings. The lowest BCUT2D eigenvalue weighted by Crippen LogP contribution is -2.30. The van der Waals surface area contributed by atoms with E-state index in [4.69, 9.17) is 11.4 Å². The zero-order valence-electron chi connectivity index (χ0n) is 13.0. The van der Waals surface area contributed by atoms with Gasteiger partial charge in [0.1, 0.15) is 0 Å². The lowest BCUT2D eigenvalue weighted by molar-refractivity contribution is 0.451. The van der Waals surface area contributed by atoms with Crippen LogP contribution in [0.5, 0.6) is 0 Å². The first-order valence-corrected chi connectivity index (χ1v) is 7.78. The molecule has 0 aliphatic rings. The molecule has 19 heavy (non-hydrogen) atoms. The normalized spacial score (nSPS) is 15.0. The van der Waals surface area contributed by atoms with Gasteiger partial charge in [0.2, 0.25) is 0 Å². The van der Waals surface area contributed by atoms with Crippen LogP contribution in [0.25, 0.3) is 0 Å². The molecular weight excluding hydrogens is 252 g/mol. The summed E-state index contributed by atoms with van der Waals surface area (Å²) in [5, 5.41) is 4.82. The van der Waals surface area contributed by atoms with E-state index in [1.165, 1.54) is 9.88 Å². The molecule has 0 saturated heterocycles. The van der Waals surface area contributed by atoms with Crippen LogP contribution in [-0.4, -0.2) is 11.0 Å². The van der Waals surface area contributed by atoms with Crippen molar-refractivity contribution in [3.8, 4) is 12.3 Å². The molecule has 1 N–H and O–H groups in total. The molecule has 0 amide bonds. The van der Waals surface area contributed by atoms with Gasteiger partial charge in [-0.05, 0) is 20.3 Å². The second-order valence-corrected chi connectivity index (χ2v) is 7.15. The number of aromatic nitrogens is 1. The first-order chi connectivity index (χ1) is 8.79. The molecule has 0 aromatic carbocycles. The standard InChI is InChI=1S/C16H26N2S/c1-8-10-13(9-2)17-11(3)14-12(4)18-15(19-14)16(5,6)7/h1,11,13,17H,9-10H2,2-7H3. The summed E-state index contributed by atoms with van der Waals surface area (Å²) in [6.07, 6.45) is 7.25. The van der Waals surface area contributed by atoms with Crippen LogP contribution in [0.1, 0.15) is 69.1 Å². The van der Waals surface area contributed by atoms with Crippen molar-refractivity contribution >= 4 is 11.3 Å². The first kappa shape index (κ1) is 16.2. The average molecular weight is 278 g/mol. The fraction of sp³-hybridized carbons (Fsp3) is 0.688. The Morgan fingerprint density at radius 1 is 1.42 bits per heavy atom. The number of nitrogens with zero attached hydrogens (tertiary/aromatic N) is 1. The van der Waals surface area contributed by atoms with Crippen LogP contribution in [-0.2, 0) is 5.41 Å². The van der Waals surface area contributed by atoms with Crippen molar-refractivity contribution in [3.05, 3.63) is 15.6 Å². The Morgan fingerprint density at radius 3 is 2.47 bits per heavy atom. The first-order valence-electron chi connectivity index (χ1n) is 6.96. The van der Waals surface area contributed by atoms with Crippen LogP contribution in [0.4, 0.5) is 0 Å². The van der Waals surface area contributed by atoms with Gasteiger partial charge in [0.25, 0.3) is 0 Å². The molecule has 106 valence electrons. The third kappa shape index (κ3) is 4.33. The number of terminal acetylenes is 1. The van der Waals surface area contributed by atoms with Crippen molar-refractivity contribution in [1.29, 1.82) is 0 Å². The minimum absolute atomic E-state index is 0.121. The van der Waals surface area contributed by atoms with E-state index in [2.05, 4.69) is 52.8 Å². The van der Waals surface area contributed by atoms with Gasteiger partial charge in [-0.1, -0.05) is 27.7 Å². The Balaban J connectivity index is 2.85. The maximum absolute atomic E-state index is 5.41. The Hall–Kier alpha value is -0.850. The fourth-order valence-corrected chi connectivity index (χ4v) is 3.16. The molecule has 2 unspecified atom stereocenters. The highest BCUT2D eigenvalue weighted by Crippen LogP contribution is 2.32. The smallest absolute Gasteiger partial charge is 0.0985 e. The number of rotatable bonds is 5. The number of hydrogen-bond acceptors (Lipinski definition) is 3. The maximum Gasteiger partial charge on any atom is 0.0985 e. The number of thiazole rings is 1. The van der Waals surface area contributed by atoms with Gasteiger partial charge >= 0.3 is 0 Å². The fourth-order valence-electron chi connectivity index (χ4n) is 2.02. The molecule has 0 bridgehead atoms. The largest absolute Gasteiger partial charge is 0.306 e. The highest BCUT2D eigenvalue weighted by Gasteiger charge is 2.23. The summed E-state index contributed by atoms with van der Waals surface area (Å²) < 4.78 is 0. The van der Waals surface area contributed by atoms with Gasteiger partial charge in [0.15, 0.2) is 0 Å². The van der Waals surface area contributed by atoms with Crippen molar-refractivity contribution in [2.45, 2.75) is 71.9 Å². The van der Waals surface area contributed by atoms with Gasteiger partial charge in [-0.3, -0.25) is 0 Å². The van der Waals surface area contributed by atoms with Gasteiger partial charge < -0.3 is 5.32 Å².